The number of nitrogens with one attached hydrogen (secondary N) is 2. The Morgan fingerprint density at radius 2 is 2.07 bits per heavy atom. The molecule has 1 saturated carbocycles. The van der Waals surface area contributed by atoms with Crippen LogP contribution < -0.4 is 5.32 Å². The highest BCUT2D eigenvalue weighted by Crippen LogP contribution is 2.31. The SMILES string of the molecule is CC1(O)CCC(Nc2ncc3c(-c4ccc5ncc(F)n5c4)c[nH]c3n2)CC1. The van der Waals surface area contributed by atoms with Gasteiger partial charge in [0.15, 0.2) is 0 Å². The van der Waals surface area contributed by atoms with Gasteiger partial charge in [0, 0.05) is 41.1 Å². The van der Waals surface area contributed by atoms with Crippen molar-refractivity contribution < 1.29 is 9.50 Å². The van der Waals surface area contributed by atoms with Crippen LogP contribution >= 0.6 is 0 Å². The van der Waals surface area contributed by atoms with E-state index in [-0.39, 0.29) is 6.04 Å². The largest absolute Gasteiger partial charge is 0.390 e. The summed E-state index contributed by atoms with van der Waals surface area (Å²) in [4.78, 5) is 16.3. The van der Waals surface area contributed by atoms with E-state index >= 15 is 0 Å². The summed E-state index contributed by atoms with van der Waals surface area (Å²) in [5, 5.41) is 14.3. The maximum atomic E-state index is 13.8. The Labute approximate surface area is 160 Å². The molecule has 1 fully saturated rings. The Bertz CT molecular complexity index is 1150. The Morgan fingerprint density at radius 3 is 2.89 bits per heavy atom. The van der Waals surface area contributed by atoms with Crippen LogP contribution in [0.2, 0.25) is 0 Å². The first-order valence-electron chi connectivity index (χ1n) is 9.45. The first kappa shape index (κ1) is 17.1. The molecule has 7 nitrogen and oxygen atoms in total. The molecule has 4 aromatic rings. The van der Waals surface area contributed by atoms with E-state index in [1.165, 1.54) is 10.6 Å². The number of aromatic nitrogens is 5. The van der Waals surface area contributed by atoms with Gasteiger partial charge in [0.05, 0.1) is 11.8 Å². The number of aliphatic hydroxyl groups is 1. The predicted octanol–water partition coefficient (Wildman–Crippen LogP) is 3.52. The van der Waals surface area contributed by atoms with E-state index in [0.29, 0.717) is 11.6 Å². The average Bonchev–Trinajstić information content (AvgIpc) is 3.27. The molecule has 1 aliphatic rings. The monoisotopic (exact) mass is 380 g/mol. The fourth-order valence-corrected chi connectivity index (χ4v) is 3.89. The van der Waals surface area contributed by atoms with Gasteiger partial charge in [-0.1, -0.05) is 0 Å². The van der Waals surface area contributed by atoms with Gasteiger partial charge >= 0.3 is 0 Å². The van der Waals surface area contributed by atoms with Gasteiger partial charge in [-0.05, 0) is 44.7 Å². The molecule has 5 rings (SSSR count). The first-order valence-corrected chi connectivity index (χ1v) is 9.45. The molecule has 0 saturated heterocycles. The van der Waals surface area contributed by atoms with Crippen molar-refractivity contribution in [3.05, 3.63) is 42.9 Å². The van der Waals surface area contributed by atoms with Gasteiger partial charge in [-0.2, -0.15) is 9.37 Å². The van der Waals surface area contributed by atoms with Crippen molar-refractivity contribution in [2.24, 2.45) is 0 Å². The Hall–Kier alpha value is -3.00. The van der Waals surface area contributed by atoms with Crippen molar-refractivity contribution in [2.45, 2.75) is 44.2 Å². The molecule has 0 aromatic carbocycles. The highest BCUT2D eigenvalue weighted by Gasteiger charge is 2.28. The predicted molar refractivity (Wildman–Crippen MR) is 105 cm³/mol. The summed E-state index contributed by atoms with van der Waals surface area (Å²) in [6.07, 6.45) is 9.89. The zero-order chi connectivity index (χ0) is 19.3. The molecular weight excluding hydrogens is 359 g/mol. The van der Waals surface area contributed by atoms with Gasteiger partial charge < -0.3 is 15.4 Å². The van der Waals surface area contributed by atoms with E-state index in [0.717, 1.165) is 47.8 Å². The maximum Gasteiger partial charge on any atom is 0.224 e. The number of anilines is 1. The van der Waals surface area contributed by atoms with Crippen molar-refractivity contribution >= 4 is 22.6 Å². The number of nitrogens with zero attached hydrogens (tertiary/aromatic N) is 4. The number of hydrogen-bond donors (Lipinski definition) is 3. The molecule has 144 valence electrons. The number of H-pyrrole nitrogens is 1. The molecule has 0 radical (unpaired) electrons. The summed E-state index contributed by atoms with van der Waals surface area (Å²) in [6.45, 7) is 1.89. The van der Waals surface area contributed by atoms with Gasteiger partial charge in [-0.3, -0.25) is 4.40 Å². The third-order valence-corrected chi connectivity index (χ3v) is 5.60. The number of pyridine rings is 1. The lowest BCUT2D eigenvalue weighted by molar-refractivity contribution is 0.0196. The Kier molecular flexibility index (Phi) is 3.83. The topological polar surface area (TPSA) is 91.1 Å². The van der Waals surface area contributed by atoms with Gasteiger partial charge in [0.25, 0.3) is 0 Å². The standard InChI is InChI=1S/C20H21FN6O/c1-20(28)6-4-13(5-7-20)25-19-24-9-15-14(8-23-18(15)26-19)12-2-3-17-22-10-16(21)27(17)11-12/h2-3,8-11,13,28H,4-7H2,1H3,(H2,23,24,25,26). The summed E-state index contributed by atoms with van der Waals surface area (Å²) in [5.41, 5.74) is 2.49. The van der Waals surface area contributed by atoms with Gasteiger partial charge in [-0.25, -0.2) is 9.97 Å². The molecule has 1 aliphatic carbocycles. The quantitative estimate of drug-likeness (QED) is 0.506. The lowest BCUT2D eigenvalue weighted by Gasteiger charge is -2.33. The third-order valence-electron chi connectivity index (χ3n) is 5.60. The molecule has 8 heteroatoms. The van der Waals surface area contributed by atoms with Crippen LogP contribution in [-0.4, -0.2) is 41.1 Å². The summed E-state index contributed by atoms with van der Waals surface area (Å²) < 4.78 is 15.3. The van der Waals surface area contributed by atoms with E-state index in [4.69, 9.17) is 0 Å². The van der Waals surface area contributed by atoms with Crippen molar-refractivity contribution in [3.8, 4) is 11.1 Å². The zero-order valence-electron chi connectivity index (χ0n) is 15.5. The lowest BCUT2D eigenvalue weighted by atomic mass is 9.84. The van der Waals surface area contributed by atoms with E-state index in [1.807, 2.05) is 19.2 Å². The normalized spacial score (nSPS) is 22.8. The fourth-order valence-electron chi connectivity index (χ4n) is 3.89. The van der Waals surface area contributed by atoms with Crippen LogP contribution in [0.5, 0.6) is 0 Å². The van der Waals surface area contributed by atoms with Crippen molar-refractivity contribution in [2.75, 3.05) is 5.32 Å². The second-order valence-electron chi connectivity index (χ2n) is 7.80. The van der Waals surface area contributed by atoms with Gasteiger partial charge in [0.2, 0.25) is 11.9 Å². The smallest absolute Gasteiger partial charge is 0.224 e. The van der Waals surface area contributed by atoms with E-state index in [2.05, 4.69) is 25.3 Å². The molecule has 4 heterocycles. The lowest BCUT2D eigenvalue weighted by Crippen LogP contribution is -2.36. The number of aromatic amines is 1. The Morgan fingerprint density at radius 1 is 1.25 bits per heavy atom. The van der Waals surface area contributed by atoms with Gasteiger partial charge in [-0.15, -0.1) is 0 Å². The van der Waals surface area contributed by atoms with Crippen LogP contribution in [0.4, 0.5) is 10.3 Å². The summed E-state index contributed by atoms with van der Waals surface area (Å²) >= 11 is 0. The third kappa shape index (κ3) is 2.99. The fraction of sp³-hybridized carbons (Fsp3) is 0.350. The van der Waals surface area contributed by atoms with Crippen LogP contribution in [0.1, 0.15) is 32.6 Å². The molecular formula is C20H21FN6O. The molecule has 0 amide bonds. The molecule has 0 spiro atoms. The molecule has 28 heavy (non-hydrogen) atoms. The summed E-state index contributed by atoms with van der Waals surface area (Å²) in [6, 6.07) is 3.95. The molecule has 0 unspecified atom stereocenters. The van der Waals surface area contributed by atoms with Crippen molar-refractivity contribution in [1.29, 1.82) is 0 Å². The minimum Gasteiger partial charge on any atom is -0.390 e. The number of imidazole rings is 1. The van der Waals surface area contributed by atoms with Crippen LogP contribution in [0, 0.1) is 5.95 Å². The van der Waals surface area contributed by atoms with Crippen molar-refractivity contribution in [1.82, 2.24) is 24.3 Å². The zero-order valence-corrected chi connectivity index (χ0v) is 15.5. The second-order valence-corrected chi connectivity index (χ2v) is 7.80. The second kappa shape index (κ2) is 6.27. The molecule has 0 atom stereocenters. The van der Waals surface area contributed by atoms with Crippen LogP contribution in [0.3, 0.4) is 0 Å². The molecule has 3 N–H and O–H groups in total. The number of hydrogen-bond acceptors (Lipinski definition) is 5. The average molecular weight is 380 g/mol. The maximum absolute atomic E-state index is 13.8. The van der Waals surface area contributed by atoms with Crippen molar-refractivity contribution in [3.63, 3.8) is 0 Å². The molecule has 4 aromatic heterocycles. The number of fused-ring (bicyclic) bond motifs is 2. The summed E-state index contributed by atoms with van der Waals surface area (Å²) in [5.74, 6) is 0.175. The number of halogens is 1. The minimum atomic E-state index is -0.562. The van der Waals surface area contributed by atoms with E-state index in [9.17, 15) is 9.50 Å². The van der Waals surface area contributed by atoms with Gasteiger partial charge in [0.1, 0.15) is 11.3 Å². The van der Waals surface area contributed by atoms with Crippen LogP contribution in [0.25, 0.3) is 27.8 Å². The first-order chi connectivity index (χ1) is 13.5. The summed E-state index contributed by atoms with van der Waals surface area (Å²) in [7, 11) is 0. The minimum absolute atomic E-state index is 0.263. The van der Waals surface area contributed by atoms with E-state index < -0.39 is 11.5 Å². The van der Waals surface area contributed by atoms with E-state index in [1.54, 1.807) is 18.5 Å². The van der Waals surface area contributed by atoms with Crippen LogP contribution in [-0.2, 0) is 0 Å². The van der Waals surface area contributed by atoms with Crippen LogP contribution in [0.15, 0.2) is 36.9 Å². The highest BCUT2D eigenvalue weighted by atomic mass is 19.1. The molecule has 0 bridgehead atoms. The molecule has 0 aliphatic heterocycles. The highest BCUT2D eigenvalue weighted by molar-refractivity contribution is 5.93. The Balaban J connectivity index is 1.42. The number of rotatable bonds is 3.